The van der Waals surface area contributed by atoms with Crippen molar-refractivity contribution in [2.75, 3.05) is 25.9 Å². The molecule has 1 atom stereocenters. The molecule has 4 nitrogen and oxygen atoms in total. The lowest BCUT2D eigenvalue weighted by Crippen LogP contribution is -2.13. The topological polar surface area (TPSA) is 47.1 Å². The Balaban J connectivity index is 1.91. The molecule has 1 saturated heterocycles. The normalized spacial score (nSPS) is 19.6. The molecule has 5 heteroatoms. The zero-order chi connectivity index (χ0) is 14.3. The quantitative estimate of drug-likeness (QED) is 0.925. The van der Waals surface area contributed by atoms with Gasteiger partial charge in [0.15, 0.2) is 0 Å². The van der Waals surface area contributed by atoms with Crippen LogP contribution in [0.3, 0.4) is 0 Å². The van der Waals surface area contributed by atoms with Crippen molar-refractivity contribution in [3.05, 3.63) is 34.9 Å². The van der Waals surface area contributed by atoms with Gasteiger partial charge in [-0.25, -0.2) is 0 Å². The number of hydrogen-bond donors (Lipinski definition) is 1. The maximum absolute atomic E-state index is 6.47. The molecule has 1 fully saturated rings. The van der Waals surface area contributed by atoms with E-state index in [4.69, 9.17) is 17.3 Å². The van der Waals surface area contributed by atoms with Crippen LogP contribution in [-0.2, 0) is 7.05 Å². The maximum Gasteiger partial charge on any atom is 0.121 e. The summed E-state index contributed by atoms with van der Waals surface area (Å²) < 4.78 is 1.67. The summed E-state index contributed by atoms with van der Waals surface area (Å²) in [6.45, 7) is 2.22. The monoisotopic (exact) mass is 290 g/mol. The minimum Gasteiger partial charge on any atom is -0.384 e. The van der Waals surface area contributed by atoms with E-state index >= 15 is 0 Å². The van der Waals surface area contributed by atoms with Crippen molar-refractivity contribution >= 4 is 17.4 Å². The fourth-order valence-electron chi connectivity index (χ4n) is 2.83. The molecular weight excluding hydrogens is 272 g/mol. The van der Waals surface area contributed by atoms with Gasteiger partial charge in [0.1, 0.15) is 5.82 Å². The Morgan fingerprint density at radius 1 is 1.30 bits per heavy atom. The summed E-state index contributed by atoms with van der Waals surface area (Å²) in [5.41, 5.74) is 8.94. The number of likely N-dealkylation sites (N-methyl/N-ethyl adjacent to an activating group) is 1. The molecule has 106 valence electrons. The third-order valence-electron chi connectivity index (χ3n) is 4.04. The van der Waals surface area contributed by atoms with Crippen molar-refractivity contribution in [3.8, 4) is 11.3 Å². The summed E-state index contributed by atoms with van der Waals surface area (Å²) in [4.78, 5) is 2.34. The van der Waals surface area contributed by atoms with Gasteiger partial charge < -0.3 is 10.6 Å². The van der Waals surface area contributed by atoms with E-state index in [1.807, 2.05) is 19.2 Å². The van der Waals surface area contributed by atoms with Crippen LogP contribution < -0.4 is 5.73 Å². The molecule has 1 aromatic carbocycles. The van der Waals surface area contributed by atoms with Gasteiger partial charge in [0.25, 0.3) is 0 Å². The largest absolute Gasteiger partial charge is 0.384 e. The van der Waals surface area contributed by atoms with E-state index in [0.29, 0.717) is 11.7 Å². The fourth-order valence-corrected chi connectivity index (χ4v) is 3.16. The third kappa shape index (κ3) is 2.41. The number of rotatable bonds is 2. The maximum atomic E-state index is 6.47. The molecule has 0 radical (unpaired) electrons. The van der Waals surface area contributed by atoms with Crippen LogP contribution in [-0.4, -0.2) is 34.8 Å². The molecule has 0 aliphatic carbocycles. The first-order valence-electron chi connectivity index (χ1n) is 6.82. The summed E-state index contributed by atoms with van der Waals surface area (Å²) in [6.07, 6.45) is 1.17. The van der Waals surface area contributed by atoms with Gasteiger partial charge in [-0.15, -0.1) is 0 Å². The SMILES string of the molecule is CN1CCC(c2ccc(-c3cc(N)n(C)n3)cc2Cl)C1. The Kier molecular flexibility index (Phi) is 3.44. The van der Waals surface area contributed by atoms with E-state index in [9.17, 15) is 0 Å². The number of nitrogen functional groups attached to an aromatic ring is 1. The predicted octanol–water partition coefficient (Wildman–Crippen LogP) is 2.74. The Labute approximate surface area is 124 Å². The van der Waals surface area contributed by atoms with Crippen molar-refractivity contribution in [2.24, 2.45) is 7.05 Å². The van der Waals surface area contributed by atoms with Crippen LogP contribution in [0, 0.1) is 0 Å². The summed E-state index contributed by atoms with van der Waals surface area (Å²) >= 11 is 6.47. The number of likely N-dealkylation sites (tertiary alicyclic amines) is 1. The molecule has 0 bridgehead atoms. The molecule has 2 N–H and O–H groups in total. The number of nitrogens with two attached hydrogens (primary N) is 1. The van der Waals surface area contributed by atoms with E-state index in [-0.39, 0.29) is 0 Å². The highest BCUT2D eigenvalue weighted by atomic mass is 35.5. The van der Waals surface area contributed by atoms with Crippen LogP contribution in [0.4, 0.5) is 5.82 Å². The van der Waals surface area contributed by atoms with Crippen LogP contribution in [0.25, 0.3) is 11.3 Å². The van der Waals surface area contributed by atoms with E-state index in [0.717, 1.165) is 29.4 Å². The lowest BCUT2D eigenvalue weighted by atomic mass is 9.96. The zero-order valence-corrected chi connectivity index (χ0v) is 12.6. The number of halogens is 1. The van der Waals surface area contributed by atoms with E-state index in [2.05, 4.69) is 29.2 Å². The lowest BCUT2D eigenvalue weighted by molar-refractivity contribution is 0.411. The molecule has 0 saturated carbocycles. The van der Waals surface area contributed by atoms with Gasteiger partial charge >= 0.3 is 0 Å². The highest BCUT2D eigenvalue weighted by Crippen LogP contribution is 2.34. The zero-order valence-electron chi connectivity index (χ0n) is 11.8. The summed E-state index contributed by atoms with van der Waals surface area (Å²) in [7, 11) is 3.99. The molecule has 3 rings (SSSR count). The second-order valence-corrected chi connectivity index (χ2v) is 5.97. The smallest absolute Gasteiger partial charge is 0.121 e. The highest BCUT2D eigenvalue weighted by molar-refractivity contribution is 6.31. The van der Waals surface area contributed by atoms with Gasteiger partial charge in [-0.1, -0.05) is 23.7 Å². The van der Waals surface area contributed by atoms with Crippen molar-refractivity contribution in [2.45, 2.75) is 12.3 Å². The Hall–Kier alpha value is -1.52. The Morgan fingerprint density at radius 2 is 2.10 bits per heavy atom. The average molecular weight is 291 g/mol. The van der Waals surface area contributed by atoms with Crippen LogP contribution in [0.15, 0.2) is 24.3 Å². The number of nitrogens with zero attached hydrogens (tertiary/aromatic N) is 3. The molecule has 1 aromatic heterocycles. The van der Waals surface area contributed by atoms with Crippen molar-refractivity contribution in [3.63, 3.8) is 0 Å². The number of aromatic nitrogens is 2. The van der Waals surface area contributed by atoms with Gasteiger partial charge in [0, 0.05) is 30.2 Å². The van der Waals surface area contributed by atoms with Crippen LogP contribution >= 0.6 is 11.6 Å². The second kappa shape index (κ2) is 5.11. The van der Waals surface area contributed by atoms with E-state index in [1.165, 1.54) is 12.0 Å². The number of aryl methyl sites for hydroxylation is 1. The number of benzene rings is 1. The number of anilines is 1. The van der Waals surface area contributed by atoms with Crippen molar-refractivity contribution in [1.29, 1.82) is 0 Å². The first-order chi connectivity index (χ1) is 9.54. The fraction of sp³-hybridized carbons (Fsp3) is 0.400. The molecule has 1 unspecified atom stereocenters. The van der Waals surface area contributed by atoms with Gasteiger partial charge in [0.2, 0.25) is 0 Å². The molecule has 2 aromatic rings. The lowest BCUT2D eigenvalue weighted by Gasteiger charge is -2.13. The minimum absolute atomic E-state index is 0.537. The van der Waals surface area contributed by atoms with E-state index in [1.54, 1.807) is 4.68 Å². The standard InChI is InChI=1S/C15H19ClN4/c1-19-6-5-11(9-19)12-4-3-10(7-13(12)16)14-8-15(17)20(2)18-14/h3-4,7-8,11H,5-6,9,17H2,1-2H3. The van der Waals surface area contributed by atoms with Crippen LogP contribution in [0.5, 0.6) is 0 Å². The predicted molar refractivity (Wildman–Crippen MR) is 82.9 cm³/mol. The Bertz CT molecular complexity index is 615. The molecule has 2 heterocycles. The van der Waals surface area contributed by atoms with Crippen LogP contribution in [0.1, 0.15) is 17.9 Å². The molecule has 1 aliphatic rings. The van der Waals surface area contributed by atoms with Gasteiger partial charge in [-0.05, 0) is 37.6 Å². The van der Waals surface area contributed by atoms with Gasteiger partial charge in [-0.2, -0.15) is 5.10 Å². The summed E-state index contributed by atoms with van der Waals surface area (Å²) in [5, 5.41) is 5.21. The van der Waals surface area contributed by atoms with Gasteiger partial charge in [0.05, 0.1) is 5.69 Å². The Morgan fingerprint density at radius 3 is 2.65 bits per heavy atom. The van der Waals surface area contributed by atoms with Crippen molar-refractivity contribution in [1.82, 2.24) is 14.7 Å². The van der Waals surface area contributed by atoms with Gasteiger partial charge in [-0.3, -0.25) is 4.68 Å². The molecule has 20 heavy (non-hydrogen) atoms. The summed E-state index contributed by atoms with van der Waals surface area (Å²) in [5.74, 6) is 1.19. The van der Waals surface area contributed by atoms with E-state index < -0.39 is 0 Å². The third-order valence-corrected chi connectivity index (χ3v) is 4.37. The molecule has 1 aliphatic heterocycles. The molecular formula is C15H19ClN4. The average Bonchev–Trinajstić information content (AvgIpc) is 2.97. The first kappa shape index (κ1) is 13.5. The molecule has 0 spiro atoms. The molecule has 0 amide bonds. The minimum atomic E-state index is 0.537. The van der Waals surface area contributed by atoms with Crippen molar-refractivity contribution < 1.29 is 0 Å². The second-order valence-electron chi connectivity index (χ2n) is 5.56. The van der Waals surface area contributed by atoms with Crippen LogP contribution in [0.2, 0.25) is 5.02 Å². The number of hydrogen-bond acceptors (Lipinski definition) is 3. The highest BCUT2D eigenvalue weighted by Gasteiger charge is 2.23. The summed E-state index contributed by atoms with van der Waals surface area (Å²) in [6, 6.07) is 8.08. The first-order valence-corrected chi connectivity index (χ1v) is 7.20.